The number of piperidine rings is 4. The number of aliphatic hydroxyl groups excluding tert-OH is 1. The molecule has 1 aromatic rings. The van der Waals surface area contributed by atoms with E-state index in [0.717, 1.165) is 25.1 Å². The van der Waals surface area contributed by atoms with Crippen LogP contribution in [0.1, 0.15) is 25.3 Å². The second kappa shape index (κ2) is 4.52. The number of fused-ring (bicyclic) bond motifs is 2. The maximum Gasteiger partial charge on any atom is 0.316 e. The second-order valence-corrected chi connectivity index (χ2v) is 8.65. The Kier molecular flexibility index (Phi) is 2.65. The summed E-state index contributed by atoms with van der Waals surface area (Å²) in [6, 6.07) is 8.89. The molecule has 5 aliphatic heterocycles. The molecule has 136 valence electrons. The van der Waals surface area contributed by atoms with E-state index < -0.39 is 16.9 Å². The van der Waals surface area contributed by atoms with Crippen LogP contribution in [-0.2, 0) is 14.9 Å². The van der Waals surface area contributed by atoms with Crippen molar-refractivity contribution in [3.8, 4) is 0 Å². The van der Waals surface area contributed by atoms with Crippen LogP contribution in [0.2, 0.25) is 0 Å². The van der Waals surface area contributed by atoms with E-state index in [1.54, 1.807) is 0 Å². The lowest BCUT2D eigenvalue weighted by atomic mass is 9.58. The van der Waals surface area contributed by atoms with Crippen LogP contribution >= 0.6 is 0 Å². The fourth-order valence-corrected chi connectivity index (χ4v) is 7.49. The van der Waals surface area contributed by atoms with Crippen molar-refractivity contribution in [1.82, 2.24) is 4.90 Å². The normalized spacial score (nSPS) is 50.5. The average molecular weight is 352 g/mol. The van der Waals surface area contributed by atoms with Crippen LogP contribution in [0.25, 0.3) is 0 Å². The number of carbonyl (C=O) groups is 1. The Labute approximate surface area is 153 Å². The summed E-state index contributed by atoms with van der Waals surface area (Å²) in [6.07, 6.45) is 3.15. The SMILES string of the molecule is C/C=C1/CN2C3CC1[C@@]1(C(=O)OC)C(O)[C@@]4(C[C@@H]21)c1ccccc1NC34. The molecule has 2 N–H and O–H groups in total. The number of methoxy groups -OCH3 is 1. The molecule has 5 heteroatoms. The van der Waals surface area contributed by atoms with Crippen LogP contribution in [0, 0.1) is 11.3 Å². The Morgan fingerprint density at radius 1 is 1.42 bits per heavy atom. The van der Waals surface area contributed by atoms with Gasteiger partial charge in [0, 0.05) is 35.6 Å². The smallest absolute Gasteiger partial charge is 0.316 e. The Balaban J connectivity index is 1.65. The van der Waals surface area contributed by atoms with Crippen molar-refractivity contribution in [1.29, 1.82) is 0 Å². The fourth-order valence-electron chi connectivity index (χ4n) is 7.49. The third kappa shape index (κ3) is 1.28. The van der Waals surface area contributed by atoms with Gasteiger partial charge in [-0.05, 0) is 31.4 Å². The number of benzene rings is 1. The van der Waals surface area contributed by atoms with Gasteiger partial charge in [0.05, 0.1) is 19.3 Å². The molecule has 26 heavy (non-hydrogen) atoms. The molecule has 5 bridgehead atoms. The van der Waals surface area contributed by atoms with Crippen LogP contribution < -0.4 is 5.32 Å². The summed E-state index contributed by atoms with van der Waals surface area (Å²) in [5.41, 5.74) is 2.34. The van der Waals surface area contributed by atoms with Crippen molar-refractivity contribution in [3.63, 3.8) is 0 Å². The van der Waals surface area contributed by atoms with Gasteiger partial charge in [0.1, 0.15) is 5.41 Å². The van der Waals surface area contributed by atoms with Gasteiger partial charge in [-0.2, -0.15) is 0 Å². The molecular weight excluding hydrogens is 328 g/mol. The summed E-state index contributed by atoms with van der Waals surface area (Å²) in [4.78, 5) is 15.7. The summed E-state index contributed by atoms with van der Waals surface area (Å²) in [6.45, 7) is 2.96. The first-order valence-corrected chi connectivity index (χ1v) is 9.64. The first-order valence-electron chi connectivity index (χ1n) is 9.64. The van der Waals surface area contributed by atoms with E-state index in [-0.39, 0.29) is 24.0 Å². The van der Waals surface area contributed by atoms with Crippen molar-refractivity contribution >= 4 is 11.7 Å². The van der Waals surface area contributed by atoms with Crippen LogP contribution in [0.5, 0.6) is 0 Å². The predicted molar refractivity (Wildman–Crippen MR) is 96.7 cm³/mol. The molecule has 1 aliphatic carbocycles. The summed E-state index contributed by atoms with van der Waals surface area (Å²) < 4.78 is 5.34. The third-order valence-electron chi connectivity index (χ3n) is 8.30. The molecule has 4 saturated heterocycles. The zero-order chi connectivity index (χ0) is 17.8. The number of nitrogens with zero attached hydrogens (tertiary/aromatic N) is 1. The van der Waals surface area contributed by atoms with Gasteiger partial charge in [-0.3, -0.25) is 9.69 Å². The molecule has 5 fully saturated rings. The number of ether oxygens (including phenoxy) is 1. The number of carbonyl (C=O) groups excluding carboxylic acids is 1. The highest BCUT2D eigenvalue weighted by Crippen LogP contribution is 2.71. The van der Waals surface area contributed by atoms with E-state index in [9.17, 15) is 9.90 Å². The molecule has 7 rings (SSSR count). The molecule has 5 nitrogen and oxygen atoms in total. The van der Waals surface area contributed by atoms with Crippen LogP contribution in [0.15, 0.2) is 35.9 Å². The lowest BCUT2D eigenvalue weighted by molar-refractivity contribution is -0.179. The zero-order valence-electron chi connectivity index (χ0n) is 15.1. The standard InChI is InChI=1S/C21H24N2O3/c1-3-11-10-23-15-8-13(11)21(19(25)26-2)16(23)9-20(18(21)24)12-6-4-5-7-14(12)22-17(15)20/h3-7,13,15-18,22,24H,8-10H2,1-2H3/b11-3-/t13?,15?,16-,17?,18?,20+,21+/m1/s1. The van der Waals surface area contributed by atoms with E-state index in [1.165, 1.54) is 18.2 Å². The number of nitrogens with one attached hydrogen (secondary N) is 1. The molecule has 1 aromatic carbocycles. The second-order valence-electron chi connectivity index (χ2n) is 8.65. The first kappa shape index (κ1) is 15.2. The van der Waals surface area contributed by atoms with Gasteiger partial charge in [0.15, 0.2) is 0 Å². The van der Waals surface area contributed by atoms with Gasteiger partial charge in [0.25, 0.3) is 0 Å². The molecule has 5 heterocycles. The van der Waals surface area contributed by atoms with Gasteiger partial charge in [0.2, 0.25) is 0 Å². The van der Waals surface area contributed by atoms with E-state index in [1.807, 2.05) is 12.1 Å². The number of hydrogen-bond acceptors (Lipinski definition) is 5. The third-order valence-corrected chi connectivity index (χ3v) is 8.30. The minimum atomic E-state index is -0.848. The molecule has 0 aromatic heterocycles. The largest absolute Gasteiger partial charge is 0.468 e. The minimum absolute atomic E-state index is 0.0570. The van der Waals surface area contributed by atoms with Crippen LogP contribution in [-0.4, -0.2) is 53.9 Å². The van der Waals surface area contributed by atoms with Crippen molar-refractivity contribution in [2.45, 2.75) is 49.4 Å². The number of allylic oxidation sites excluding steroid dienone is 1. The lowest BCUT2D eigenvalue weighted by Crippen LogP contribution is -2.71. The average Bonchev–Trinajstić information content (AvgIpc) is 3.13. The highest BCUT2D eigenvalue weighted by atomic mass is 16.5. The maximum atomic E-state index is 13.2. The molecule has 1 saturated carbocycles. The van der Waals surface area contributed by atoms with Gasteiger partial charge < -0.3 is 15.2 Å². The number of esters is 1. The Morgan fingerprint density at radius 3 is 3.00 bits per heavy atom. The Bertz CT molecular complexity index is 867. The summed E-state index contributed by atoms with van der Waals surface area (Å²) in [5.74, 6) is -0.154. The predicted octanol–water partition coefficient (Wildman–Crippen LogP) is 1.68. The molecule has 5 unspecified atom stereocenters. The van der Waals surface area contributed by atoms with Crippen molar-refractivity contribution in [3.05, 3.63) is 41.5 Å². The van der Waals surface area contributed by atoms with Crippen molar-refractivity contribution in [2.75, 3.05) is 19.0 Å². The van der Waals surface area contributed by atoms with Gasteiger partial charge in [-0.1, -0.05) is 29.8 Å². The summed E-state index contributed by atoms with van der Waals surface area (Å²) in [7, 11) is 1.46. The minimum Gasteiger partial charge on any atom is -0.468 e. The molecular formula is C21H24N2O3. The quantitative estimate of drug-likeness (QED) is 0.595. The number of hydrogen-bond donors (Lipinski definition) is 2. The lowest BCUT2D eigenvalue weighted by Gasteiger charge is -2.60. The topological polar surface area (TPSA) is 61.8 Å². The van der Waals surface area contributed by atoms with E-state index >= 15 is 0 Å². The molecule has 1 spiro atoms. The highest BCUT2D eigenvalue weighted by Gasteiger charge is 2.82. The molecule has 8 atom stereocenters. The van der Waals surface area contributed by atoms with Crippen LogP contribution in [0.4, 0.5) is 5.69 Å². The zero-order valence-corrected chi connectivity index (χ0v) is 15.1. The number of anilines is 1. The maximum absolute atomic E-state index is 13.2. The first-order chi connectivity index (χ1) is 12.6. The van der Waals surface area contributed by atoms with Gasteiger partial charge >= 0.3 is 5.97 Å². The summed E-state index contributed by atoms with van der Waals surface area (Å²) >= 11 is 0. The number of aliphatic hydroxyl groups is 1. The monoisotopic (exact) mass is 352 g/mol. The highest BCUT2D eigenvalue weighted by molar-refractivity contribution is 5.84. The van der Waals surface area contributed by atoms with E-state index in [0.29, 0.717) is 6.04 Å². The fraction of sp³-hybridized carbons (Fsp3) is 0.571. The van der Waals surface area contributed by atoms with Gasteiger partial charge in [-0.15, -0.1) is 0 Å². The Hall–Kier alpha value is -1.85. The van der Waals surface area contributed by atoms with E-state index in [2.05, 4.69) is 35.3 Å². The molecule has 0 amide bonds. The van der Waals surface area contributed by atoms with E-state index in [4.69, 9.17) is 4.74 Å². The van der Waals surface area contributed by atoms with Crippen LogP contribution in [0.3, 0.4) is 0 Å². The van der Waals surface area contributed by atoms with Crippen molar-refractivity contribution < 1.29 is 14.6 Å². The molecule has 6 aliphatic rings. The molecule has 0 radical (unpaired) electrons. The summed E-state index contributed by atoms with van der Waals surface area (Å²) in [5, 5.41) is 15.6. The number of para-hydroxylation sites is 1. The van der Waals surface area contributed by atoms with Gasteiger partial charge in [-0.25, -0.2) is 0 Å². The Morgan fingerprint density at radius 2 is 2.23 bits per heavy atom. The van der Waals surface area contributed by atoms with Crippen molar-refractivity contribution in [2.24, 2.45) is 11.3 Å². The number of rotatable bonds is 1.